The number of aryl methyl sites for hydroxylation is 2. The van der Waals surface area contributed by atoms with E-state index in [2.05, 4.69) is 25.7 Å². The second kappa shape index (κ2) is 13.4. The second-order valence-electron chi connectivity index (χ2n) is 13.4. The number of halogens is 2. The summed E-state index contributed by atoms with van der Waals surface area (Å²) in [5, 5.41) is 21.7. The standard InChI is InChI=1S/C37H34Cl2N10O4/c1-21-17-22(2)48-33(41-21)27(19-40-48)34(50)42-25-10-7-23(8-11-25)29-20-47(45-43-29)37(36(52)53-3)13-15-46(16-14-37)35(51)32-26-5-4-6-30(26)49(44-32)31-12-9-24(38)18-28(31)39/h7-12,17-20H,4-6,13-16H2,1-3H3,(H,42,50). The summed E-state index contributed by atoms with van der Waals surface area (Å²) < 4.78 is 10.2. The zero-order chi connectivity index (χ0) is 37.0. The third-order valence-electron chi connectivity index (χ3n) is 10.1. The second-order valence-corrected chi connectivity index (χ2v) is 14.2. The minimum atomic E-state index is -1.16. The fourth-order valence-corrected chi connectivity index (χ4v) is 7.85. The molecule has 270 valence electrons. The highest BCUT2D eigenvalue weighted by molar-refractivity contribution is 6.35. The van der Waals surface area contributed by atoms with E-state index in [4.69, 9.17) is 33.0 Å². The predicted octanol–water partition coefficient (Wildman–Crippen LogP) is 5.64. The lowest BCUT2D eigenvalue weighted by Gasteiger charge is -2.39. The van der Waals surface area contributed by atoms with Crippen LogP contribution in [-0.4, -0.2) is 82.3 Å². The molecule has 5 heterocycles. The maximum atomic E-state index is 14.0. The van der Waals surface area contributed by atoms with Gasteiger partial charge in [-0.1, -0.05) is 40.5 Å². The molecule has 2 aromatic carbocycles. The van der Waals surface area contributed by atoms with Gasteiger partial charge in [-0.15, -0.1) is 5.10 Å². The van der Waals surface area contributed by atoms with E-state index in [1.54, 1.807) is 55.3 Å². The van der Waals surface area contributed by atoms with Crippen LogP contribution in [0, 0.1) is 13.8 Å². The van der Waals surface area contributed by atoms with Crippen molar-refractivity contribution < 1.29 is 19.1 Å². The first kappa shape index (κ1) is 34.5. The molecule has 0 atom stereocenters. The molecule has 1 aliphatic carbocycles. The first-order valence-electron chi connectivity index (χ1n) is 17.2. The molecule has 53 heavy (non-hydrogen) atoms. The maximum Gasteiger partial charge on any atom is 0.334 e. The number of hydrogen-bond acceptors (Lipinski definition) is 9. The molecule has 0 unspecified atom stereocenters. The highest BCUT2D eigenvalue weighted by atomic mass is 35.5. The molecule has 1 saturated heterocycles. The molecule has 16 heteroatoms. The van der Waals surface area contributed by atoms with Gasteiger partial charge in [0.1, 0.15) is 11.3 Å². The SMILES string of the molecule is COC(=O)C1(n2cc(-c3ccc(NC(=O)c4cnn5c(C)cc(C)nc45)cc3)nn2)CCN(C(=O)c2nn(-c3ccc(Cl)cc3Cl)c3c2CCC3)CC1. The summed E-state index contributed by atoms with van der Waals surface area (Å²) in [5.74, 6) is -0.987. The number of carbonyl (C=O) groups excluding carboxylic acids is 3. The van der Waals surface area contributed by atoms with Crippen molar-refractivity contribution >= 4 is 52.3 Å². The third-order valence-corrected chi connectivity index (χ3v) is 10.6. The molecule has 2 amide bonds. The van der Waals surface area contributed by atoms with Gasteiger partial charge in [-0.25, -0.2) is 23.7 Å². The minimum absolute atomic E-state index is 0.194. The van der Waals surface area contributed by atoms with E-state index in [0.717, 1.165) is 47.5 Å². The molecule has 1 aliphatic heterocycles. The van der Waals surface area contributed by atoms with Gasteiger partial charge in [0.2, 0.25) is 0 Å². The lowest BCUT2D eigenvalue weighted by Crippen LogP contribution is -2.53. The van der Waals surface area contributed by atoms with E-state index < -0.39 is 11.5 Å². The number of aromatic nitrogens is 8. The highest BCUT2D eigenvalue weighted by Gasteiger charge is 2.47. The van der Waals surface area contributed by atoms with Crippen LogP contribution < -0.4 is 5.32 Å². The van der Waals surface area contributed by atoms with Crippen molar-refractivity contribution in [2.45, 2.75) is 51.5 Å². The third kappa shape index (κ3) is 6.01. The van der Waals surface area contributed by atoms with E-state index in [-0.39, 0.29) is 37.7 Å². The molecule has 1 N–H and O–H groups in total. The van der Waals surface area contributed by atoms with Crippen LogP contribution in [0.3, 0.4) is 0 Å². The number of nitrogens with zero attached hydrogens (tertiary/aromatic N) is 9. The maximum absolute atomic E-state index is 14.0. The van der Waals surface area contributed by atoms with Crippen LogP contribution in [0.2, 0.25) is 10.0 Å². The predicted molar refractivity (Wildman–Crippen MR) is 197 cm³/mol. The molecule has 1 fully saturated rings. The van der Waals surface area contributed by atoms with Gasteiger partial charge in [-0.05, 0) is 69.5 Å². The summed E-state index contributed by atoms with van der Waals surface area (Å²) in [6.07, 6.45) is 6.19. The molecule has 0 saturated carbocycles. The van der Waals surface area contributed by atoms with Crippen LogP contribution in [0.4, 0.5) is 5.69 Å². The molecule has 0 spiro atoms. The van der Waals surface area contributed by atoms with Crippen molar-refractivity contribution in [3.63, 3.8) is 0 Å². The fraction of sp³-hybridized carbons (Fsp3) is 0.297. The Balaban J connectivity index is 0.982. The molecular weight excluding hydrogens is 719 g/mol. The molecule has 6 aromatic rings. The van der Waals surface area contributed by atoms with Crippen LogP contribution in [0.1, 0.15) is 62.8 Å². The first-order valence-corrected chi connectivity index (χ1v) is 17.9. The number of piperidine rings is 1. The van der Waals surface area contributed by atoms with Gasteiger partial charge in [0.05, 0.1) is 30.2 Å². The molecule has 0 radical (unpaired) electrons. The Morgan fingerprint density at radius 3 is 2.49 bits per heavy atom. The van der Waals surface area contributed by atoms with Crippen molar-refractivity contribution in [3.05, 3.63) is 105 Å². The molecule has 8 rings (SSSR count). The van der Waals surface area contributed by atoms with Crippen LogP contribution in [0.5, 0.6) is 0 Å². The fourth-order valence-electron chi connectivity index (χ4n) is 7.37. The number of carbonyl (C=O) groups is 3. The van der Waals surface area contributed by atoms with Gasteiger partial charge in [0.25, 0.3) is 11.8 Å². The Labute approximate surface area is 313 Å². The van der Waals surface area contributed by atoms with Gasteiger partial charge >= 0.3 is 5.97 Å². The zero-order valence-electron chi connectivity index (χ0n) is 29.1. The Kier molecular flexibility index (Phi) is 8.74. The van der Waals surface area contributed by atoms with Gasteiger partial charge in [0, 0.05) is 64.8 Å². The number of hydrogen-bond donors (Lipinski definition) is 1. The summed E-state index contributed by atoms with van der Waals surface area (Å²) in [6, 6.07) is 14.3. The van der Waals surface area contributed by atoms with Crippen LogP contribution in [0.25, 0.3) is 22.6 Å². The van der Waals surface area contributed by atoms with Crippen molar-refractivity contribution in [1.29, 1.82) is 0 Å². The number of benzene rings is 2. The normalized spacial score (nSPS) is 15.1. The van der Waals surface area contributed by atoms with Crippen molar-refractivity contribution in [2.75, 3.05) is 25.5 Å². The quantitative estimate of drug-likeness (QED) is 0.204. The largest absolute Gasteiger partial charge is 0.467 e. The lowest BCUT2D eigenvalue weighted by molar-refractivity contribution is -0.154. The average Bonchev–Trinajstić information content (AvgIpc) is 3.97. The smallest absolute Gasteiger partial charge is 0.334 e. The lowest BCUT2D eigenvalue weighted by atomic mass is 9.87. The average molecular weight is 754 g/mol. The number of ether oxygens (including phenoxy) is 1. The zero-order valence-corrected chi connectivity index (χ0v) is 30.6. The van der Waals surface area contributed by atoms with Gasteiger partial charge in [-0.2, -0.15) is 10.2 Å². The summed E-state index contributed by atoms with van der Waals surface area (Å²) >= 11 is 12.7. The number of methoxy groups -OCH3 is 1. The van der Waals surface area contributed by atoms with Gasteiger partial charge in [0.15, 0.2) is 16.9 Å². The Bertz CT molecular complexity index is 2430. The summed E-state index contributed by atoms with van der Waals surface area (Å²) in [4.78, 5) is 46.7. The van der Waals surface area contributed by atoms with E-state index in [9.17, 15) is 14.4 Å². The van der Waals surface area contributed by atoms with Gasteiger partial charge in [-0.3, -0.25) is 9.59 Å². The molecular formula is C37H34Cl2N10O4. The monoisotopic (exact) mass is 752 g/mol. The van der Waals surface area contributed by atoms with Crippen LogP contribution >= 0.6 is 23.2 Å². The van der Waals surface area contributed by atoms with Crippen molar-refractivity contribution in [2.24, 2.45) is 0 Å². The number of nitrogens with one attached hydrogen (secondary N) is 1. The molecule has 4 aromatic heterocycles. The van der Waals surface area contributed by atoms with Crippen molar-refractivity contribution in [1.82, 2.24) is 44.3 Å². The first-order chi connectivity index (χ1) is 25.6. The number of esters is 1. The Morgan fingerprint density at radius 1 is 0.981 bits per heavy atom. The van der Waals surface area contributed by atoms with E-state index >= 15 is 0 Å². The van der Waals surface area contributed by atoms with Gasteiger partial charge < -0.3 is 15.0 Å². The van der Waals surface area contributed by atoms with Crippen LogP contribution in [-0.2, 0) is 27.9 Å². The summed E-state index contributed by atoms with van der Waals surface area (Å²) in [7, 11) is 1.34. The number of fused-ring (bicyclic) bond motifs is 2. The number of likely N-dealkylation sites (tertiary alicyclic amines) is 1. The molecule has 14 nitrogen and oxygen atoms in total. The highest BCUT2D eigenvalue weighted by Crippen LogP contribution is 2.36. The number of anilines is 1. The van der Waals surface area contributed by atoms with Crippen LogP contribution in [0.15, 0.2) is 60.9 Å². The summed E-state index contributed by atoms with van der Waals surface area (Å²) in [5.41, 5.74) is 6.17. The van der Waals surface area contributed by atoms with E-state index in [0.29, 0.717) is 44.0 Å². The topological polar surface area (TPSA) is 154 Å². The Hall–Kier alpha value is -5.60. The van der Waals surface area contributed by atoms with Crippen molar-refractivity contribution in [3.8, 4) is 16.9 Å². The number of rotatable bonds is 7. The molecule has 0 bridgehead atoms. The minimum Gasteiger partial charge on any atom is -0.467 e. The van der Waals surface area contributed by atoms with E-state index in [1.807, 2.05) is 32.0 Å². The van der Waals surface area contributed by atoms with E-state index in [1.165, 1.54) is 13.3 Å². The summed E-state index contributed by atoms with van der Waals surface area (Å²) in [6.45, 7) is 4.34. The Morgan fingerprint density at radius 2 is 1.75 bits per heavy atom. The molecule has 2 aliphatic rings. The number of amides is 2.